The van der Waals surface area contributed by atoms with Gasteiger partial charge in [-0.25, -0.2) is 0 Å². The molecule has 3 nitrogen and oxygen atoms in total. The van der Waals surface area contributed by atoms with Crippen LogP contribution in [0, 0.1) is 5.92 Å². The largest absolute Gasteiger partial charge is 0.491 e. The van der Waals surface area contributed by atoms with Crippen molar-refractivity contribution in [2.45, 2.75) is 52.4 Å². The van der Waals surface area contributed by atoms with Gasteiger partial charge in [0.15, 0.2) is 0 Å². The maximum atomic E-state index is 5.99. The van der Waals surface area contributed by atoms with E-state index < -0.39 is 0 Å². The standard InChI is InChI=1S/C17H27NO2/c1-5-18-17(14-10-11-19-13(14)4)15-8-6-7-9-16(15)20-12(2)3/h6-9,12-14,17-18H,5,10-11H2,1-4H3. The molecule has 0 bridgehead atoms. The monoisotopic (exact) mass is 277 g/mol. The topological polar surface area (TPSA) is 30.5 Å². The molecule has 1 aromatic carbocycles. The van der Waals surface area contributed by atoms with Crippen LogP contribution in [0.3, 0.4) is 0 Å². The average molecular weight is 277 g/mol. The summed E-state index contributed by atoms with van der Waals surface area (Å²) in [5.41, 5.74) is 1.26. The Morgan fingerprint density at radius 2 is 2.10 bits per heavy atom. The Morgan fingerprint density at radius 3 is 2.70 bits per heavy atom. The number of hydrogen-bond donors (Lipinski definition) is 1. The van der Waals surface area contributed by atoms with Crippen molar-refractivity contribution in [3.05, 3.63) is 29.8 Å². The van der Waals surface area contributed by atoms with Gasteiger partial charge in [0.05, 0.1) is 12.2 Å². The molecule has 20 heavy (non-hydrogen) atoms. The van der Waals surface area contributed by atoms with Gasteiger partial charge in [0.1, 0.15) is 5.75 Å². The van der Waals surface area contributed by atoms with Crippen LogP contribution >= 0.6 is 0 Å². The van der Waals surface area contributed by atoms with E-state index in [2.05, 4.69) is 51.2 Å². The van der Waals surface area contributed by atoms with Crippen LogP contribution in [-0.4, -0.2) is 25.4 Å². The SMILES string of the molecule is CCNC(c1ccccc1OC(C)C)C1CCOC1C. The smallest absolute Gasteiger partial charge is 0.124 e. The molecule has 1 aliphatic heterocycles. The highest BCUT2D eigenvalue weighted by molar-refractivity contribution is 5.36. The molecule has 1 fully saturated rings. The van der Waals surface area contributed by atoms with Gasteiger partial charge in [-0.1, -0.05) is 25.1 Å². The van der Waals surface area contributed by atoms with Crippen LogP contribution in [0.25, 0.3) is 0 Å². The fraction of sp³-hybridized carbons (Fsp3) is 0.647. The Kier molecular flexibility index (Phi) is 5.44. The minimum Gasteiger partial charge on any atom is -0.491 e. The van der Waals surface area contributed by atoms with E-state index in [1.807, 2.05) is 6.07 Å². The van der Waals surface area contributed by atoms with Crippen LogP contribution in [0.2, 0.25) is 0 Å². The molecule has 1 saturated heterocycles. The third-order valence-corrected chi connectivity index (χ3v) is 3.90. The van der Waals surface area contributed by atoms with Crippen molar-refractivity contribution in [2.75, 3.05) is 13.2 Å². The van der Waals surface area contributed by atoms with Crippen LogP contribution in [0.1, 0.15) is 45.7 Å². The van der Waals surface area contributed by atoms with Crippen molar-refractivity contribution in [3.8, 4) is 5.75 Å². The van der Waals surface area contributed by atoms with Crippen molar-refractivity contribution in [3.63, 3.8) is 0 Å². The third-order valence-electron chi connectivity index (χ3n) is 3.90. The van der Waals surface area contributed by atoms with E-state index >= 15 is 0 Å². The van der Waals surface area contributed by atoms with Crippen LogP contribution in [-0.2, 0) is 4.74 Å². The molecule has 1 heterocycles. The minimum atomic E-state index is 0.190. The molecule has 0 saturated carbocycles. The second-order valence-electron chi connectivity index (χ2n) is 5.77. The second kappa shape index (κ2) is 7.09. The number of benzene rings is 1. The normalized spacial score (nSPS) is 24.1. The highest BCUT2D eigenvalue weighted by Gasteiger charge is 2.33. The molecule has 3 atom stereocenters. The first kappa shape index (κ1) is 15.3. The summed E-state index contributed by atoms with van der Waals surface area (Å²) in [7, 11) is 0. The van der Waals surface area contributed by atoms with Crippen LogP contribution in [0.4, 0.5) is 0 Å². The Bertz CT molecular complexity index is 419. The average Bonchev–Trinajstić information content (AvgIpc) is 2.82. The molecular formula is C17H27NO2. The Morgan fingerprint density at radius 1 is 1.35 bits per heavy atom. The predicted molar refractivity (Wildman–Crippen MR) is 82.1 cm³/mol. The molecular weight excluding hydrogens is 250 g/mol. The van der Waals surface area contributed by atoms with Gasteiger partial charge in [-0.3, -0.25) is 0 Å². The van der Waals surface area contributed by atoms with E-state index in [-0.39, 0.29) is 6.10 Å². The van der Waals surface area contributed by atoms with Crippen LogP contribution in [0.15, 0.2) is 24.3 Å². The third kappa shape index (κ3) is 3.53. The Labute approximate surface area is 122 Å². The summed E-state index contributed by atoms with van der Waals surface area (Å²) in [6, 6.07) is 8.68. The lowest BCUT2D eigenvalue weighted by Gasteiger charge is -2.29. The van der Waals surface area contributed by atoms with Crippen molar-refractivity contribution >= 4 is 0 Å². The van der Waals surface area contributed by atoms with Crippen molar-refractivity contribution < 1.29 is 9.47 Å². The lowest BCUT2D eigenvalue weighted by molar-refractivity contribution is 0.0949. The van der Waals surface area contributed by atoms with Gasteiger partial charge in [0.2, 0.25) is 0 Å². The number of para-hydroxylation sites is 1. The van der Waals surface area contributed by atoms with Gasteiger partial charge in [0.25, 0.3) is 0 Å². The van der Waals surface area contributed by atoms with Gasteiger partial charge >= 0.3 is 0 Å². The van der Waals surface area contributed by atoms with Crippen molar-refractivity contribution in [1.82, 2.24) is 5.32 Å². The van der Waals surface area contributed by atoms with Crippen molar-refractivity contribution in [2.24, 2.45) is 5.92 Å². The molecule has 0 amide bonds. The number of ether oxygens (including phenoxy) is 2. The van der Waals surface area contributed by atoms with Crippen LogP contribution in [0.5, 0.6) is 5.75 Å². The summed E-state index contributed by atoms with van der Waals surface area (Å²) < 4.78 is 11.7. The maximum Gasteiger partial charge on any atom is 0.124 e. The fourth-order valence-corrected chi connectivity index (χ4v) is 3.00. The van der Waals surface area contributed by atoms with E-state index in [0.717, 1.165) is 25.3 Å². The fourth-order valence-electron chi connectivity index (χ4n) is 3.00. The highest BCUT2D eigenvalue weighted by atomic mass is 16.5. The number of rotatable bonds is 6. The minimum absolute atomic E-state index is 0.190. The summed E-state index contributed by atoms with van der Waals surface area (Å²) in [6.07, 6.45) is 1.59. The zero-order valence-electron chi connectivity index (χ0n) is 13.1. The lowest BCUT2D eigenvalue weighted by Crippen LogP contribution is -2.32. The molecule has 1 N–H and O–H groups in total. The second-order valence-corrected chi connectivity index (χ2v) is 5.77. The summed E-state index contributed by atoms with van der Waals surface area (Å²) in [6.45, 7) is 10.3. The van der Waals surface area contributed by atoms with E-state index in [9.17, 15) is 0 Å². The maximum absolute atomic E-state index is 5.99. The molecule has 0 spiro atoms. The first-order valence-corrected chi connectivity index (χ1v) is 7.74. The number of nitrogens with one attached hydrogen (secondary N) is 1. The zero-order valence-corrected chi connectivity index (χ0v) is 13.1. The summed E-state index contributed by atoms with van der Waals surface area (Å²) in [5.74, 6) is 1.50. The summed E-state index contributed by atoms with van der Waals surface area (Å²) >= 11 is 0. The molecule has 3 unspecified atom stereocenters. The van der Waals surface area contributed by atoms with Crippen LogP contribution < -0.4 is 10.1 Å². The van der Waals surface area contributed by atoms with E-state index in [1.54, 1.807) is 0 Å². The summed E-state index contributed by atoms with van der Waals surface area (Å²) in [4.78, 5) is 0. The molecule has 1 aromatic rings. The Balaban J connectivity index is 2.28. The first-order valence-electron chi connectivity index (χ1n) is 7.74. The Hall–Kier alpha value is -1.06. The van der Waals surface area contributed by atoms with Crippen molar-refractivity contribution in [1.29, 1.82) is 0 Å². The number of hydrogen-bond acceptors (Lipinski definition) is 3. The molecule has 1 aliphatic rings. The lowest BCUT2D eigenvalue weighted by atomic mass is 9.87. The van der Waals surface area contributed by atoms with Gasteiger partial charge in [-0.2, -0.15) is 0 Å². The zero-order chi connectivity index (χ0) is 14.5. The van der Waals surface area contributed by atoms with Gasteiger partial charge in [-0.15, -0.1) is 0 Å². The molecule has 0 aromatic heterocycles. The molecule has 0 radical (unpaired) electrons. The molecule has 112 valence electrons. The molecule has 0 aliphatic carbocycles. The van der Waals surface area contributed by atoms with E-state index in [1.165, 1.54) is 5.56 Å². The predicted octanol–water partition coefficient (Wildman–Crippen LogP) is 3.55. The van der Waals surface area contributed by atoms with E-state index in [4.69, 9.17) is 9.47 Å². The van der Waals surface area contributed by atoms with Gasteiger partial charge < -0.3 is 14.8 Å². The molecule has 2 rings (SSSR count). The van der Waals surface area contributed by atoms with Gasteiger partial charge in [-0.05, 0) is 39.8 Å². The first-order chi connectivity index (χ1) is 9.63. The highest BCUT2D eigenvalue weighted by Crippen LogP contribution is 2.37. The van der Waals surface area contributed by atoms with E-state index in [0.29, 0.717) is 18.1 Å². The quantitative estimate of drug-likeness (QED) is 0.862. The summed E-state index contributed by atoms with van der Waals surface area (Å²) in [5, 5.41) is 3.62. The molecule has 3 heteroatoms. The van der Waals surface area contributed by atoms with Gasteiger partial charge in [0, 0.05) is 24.1 Å².